The van der Waals surface area contributed by atoms with E-state index in [0.29, 0.717) is 23.7 Å². The van der Waals surface area contributed by atoms with Gasteiger partial charge in [0.15, 0.2) is 15.5 Å². The predicted molar refractivity (Wildman–Crippen MR) is 95.4 cm³/mol. The Morgan fingerprint density at radius 1 is 1.32 bits per heavy atom. The first kappa shape index (κ1) is 17.6. The monoisotopic (exact) mass is 363 g/mol. The second-order valence-corrected chi connectivity index (χ2v) is 9.08. The molecule has 0 saturated carbocycles. The first-order chi connectivity index (χ1) is 11.8. The summed E-state index contributed by atoms with van der Waals surface area (Å²) in [6.07, 6.45) is 0.400. The van der Waals surface area contributed by atoms with Crippen LogP contribution in [0.25, 0.3) is 10.8 Å². The van der Waals surface area contributed by atoms with Crippen molar-refractivity contribution in [2.75, 3.05) is 11.5 Å². The fourth-order valence-corrected chi connectivity index (χ4v) is 4.71. The Labute approximate surface area is 146 Å². The molecule has 0 radical (unpaired) electrons. The molecule has 0 unspecified atom stereocenters. The maximum atomic E-state index is 12.7. The molecular weight excluding hydrogens is 342 g/mol. The number of carbonyl (C=O) groups excluding carboxylic acids is 1. The number of nitrogens with one attached hydrogen (secondary N) is 1. The van der Waals surface area contributed by atoms with E-state index in [1.165, 1.54) is 4.68 Å². The van der Waals surface area contributed by atoms with Crippen LogP contribution in [0.3, 0.4) is 0 Å². The summed E-state index contributed by atoms with van der Waals surface area (Å²) in [4.78, 5) is 25.2. The SMILES string of the molecule is CC(C)Cn1nc(C(=O)N[C@@H]2CCS(=O)(=O)C2)c2ccccc2c1=O. The zero-order valence-corrected chi connectivity index (χ0v) is 15.0. The van der Waals surface area contributed by atoms with Crippen molar-refractivity contribution in [2.45, 2.75) is 32.9 Å². The van der Waals surface area contributed by atoms with Crippen LogP contribution in [-0.4, -0.2) is 41.7 Å². The second kappa shape index (κ2) is 6.59. The largest absolute Gasteiger partial charge is 0.347 e. The Morgan fingerprint density at radius 3 is 2.60 bits per heavy atom. The van der Waals surface area contributed by atoms with Crippen LogP contribution in [0.5, 0.6) is 0 Å². The van der Waals surface area contributed by atoms with Crippen molar-refractivity contribution in [3.63, 3.8) is 0 Å². The number of fused-ring (bicyclic) bond motifs is 1. The van der Waals surface area contributed by atoms with Crippen molar-refractivity contribution in [3.8, 4) is 0 Å². The molecule has 0 bridgehead atoms. The van der Waals surface area contributed by atoms with E-state index in [0.717, 1.165) is 0 Å². The van der Waals surface area contributed by atoms with Gasteiger partial charge in [0.25, 0.3) is 11.5 Å². The maximum absolute atomic E-state index is 12.7. The second-order valence-electron chi connectivity index (χ2n) is 6.85. The Kier molecular flexibility index (Phi) is 4.64. The summed E-state index contributed by atoms with van der Waals surface area (Å²) in [5.74, 6) is -0.223. The highest BCUT2D eigenvalue weighted by Gasteiger charge is 2.30. The number of hydrogen-bond donors (Lipinski definition) is 1. The fourth-order valence-electron chi connectivity index (χ4n) is 3.04. The molecule has 25 heavy (non-hydrogen) atoms. The Morgan fingerprint density at radius 2 is 2.00 bits per heavy atom. The minimum absolute atomic E-state index is 0.0533. The third kappa shape index (κ3) is 3.73. The highest BCUT2D eigenvalue weighted by atomic mass is 32.2. The number of rotatable bonds is 4. The quantitative estimate of drug-likeness (QED) is 0.873. The van der Waals surface area contributed by atoms with Gasteiger partial charge in [0.2, 0.25) is 0 Å². The molecule has 3 rings (SSSR count). The number of aromatic nitrogens is 2. The van der Waals surface area contributed by atoms with Crippen LogP contribution in [0, 0.1) is 5.92 Å². The summed E-state index contributed by atoms with van der Waals surface area (Å²) < 4.78 is 24.5. The lowest BCUT2D eigenvalue weighted by atomic mass is 10.1. The van der Waals surface area contributed by atoms with E-state index in [1.807, 2.05) is 13.8 Å². The highest BCUT2D eigenvalue weighted by molar-refractivity contribution is 7.91. The van der Waals surface area contributed by atoms with E-state index in [2.05, 4.69) is 10.4 Å². The normalized spacial score (nSPS) is 19.4. The molecular formula is C17H21N3O4S. The molecule has 1 fully saturated rings. The summed E-state index contributed by atoms with van der Waals surface area (Å²) in [7, 11) is -3.09. The first-order valence-electron chi connectivity index (χ1n) is 8.28. The van der Waals surface area contributed by atoms with Crippen LogP contribution in [0.15, 0.2) is 29.1 Å². The molecule has 2 heterocycles. The van der Waals surface area contributed by atoms with Gasteiger partial charge in [-0.1, -0.05) is 32.0 Å². The summed E-state index contributed by atoms with van der Waals surface area (Å²) in [6, 6.07) is 6.43. The Bertz CT molecular complexity index is 979. The smallest absolute Gasteiger partial charge is 0.274 e. The van der Waals surface area contributed by atoms with Crippen molar-refractivity contribution in [1.29, 1.82) is 0 Å². The van der Waals surface area contributed by atoms with E-state index < -0.39 is 21.8 Å². The zero-order chi connectivity index (χ0) is 18.2. The number of sulfone groups is 1. The third-order valence-corrected chi connectivity index (χ3v) is 5.96. The summed E-state index contributed by atoms with van der Waals surface area (Å²) in [5, 5.41) is 7.92. The molecule has 1 aliphatic heterocycles. The van der Waals surface area contributed by atoms with Crippen molar-refractivity contribution in [1.82, 2.24) is 15.1 Å². The molecule has 1 atom stereocenters. The van der Waals surface area contributed by atoms with Gasteiger partial charge in [-0.2, -0.15) is 5.10 Å². The van der Waals surface area contributed by atoms with Gasteiger partial charge in [-0.25, -0.2) is 13.1 Å². The van der Waals surface area contributed by atoms with Gasteiger partial charge in [-0.3, -0.25) is 9.59 Å². The predicted octanol–water partition coefficient (Wildman–Crippen LogP) is 0.969. The van der Waals surface area contributed by atoms with Crippen LogP contribution >= 0.6 is 0 Å². The molecule has 1 N–H and O–H groups in total. The number of benzene rings is 1. The fraction of sp³-hybridized carbons (Fsp3) is 0.471. The molecule has 0 spiro atoms. The summed E-state index contributed by atoms with van der Waals surface area (Å²) >= 11 is 0. The molecule has 1 amide bonds. The molecule has 1 aromatic heterocycles. The van der Waals surface area contributed by atoms with Gasteiger partial charge in [-0.15, -0.1) is 0 Å². The van der Waals surface area contributed by atoms with Gasteiger partial charge in [-0.05, 0) is 18.4 Å². The Hall–Kier alpha value is -2.22. The molecule has 1 aromatic carbocycles. The van der Waals surface area contributed by atoms with Crippen molar-refractivity contribution >= 4 is 26.5 Å². The van der Waals surface area contributed by atoms with Crippen molar-refractivity contribution < 1.29 is 13.2 Å². The van der Waals surface area contributed by atoms with Crippen LogP contribution in [0.4, 0.5) is 0 Å². The van der Waals surface area contributed by atoms with E-state index in [-0.39, 0.29) is 28.7 Å². The average molecular weight is 363 g/mol. The minimum atomic E-state index is -3.09. The number of hydrogen-bond acceptors (Lipinski definition) is 5. The van der Waals surface area contributed by atoms with Gasteiger partial charge in [0.1, 0.15) is 0 Å². The lowest BCUT2D eigenvalue weighted by Gasteiger charge is -2.14. The number of nitrogens with zero attached hydrogens (tertiary/aromatic N) is 2. The van der Waals surface area contributed by atoms with E-state index in [1.54, 1.807) is 24.3 Å². The molecule has 7 nitrogen and oxygen atoms in total. The molecule has 8 heteroatoms. The van der Waals surface area contributed by atoms with E-state index in [9.17, 15) is 18.0 Å². The standard InChI is InChI=1S/C17H21N3O4S/c1-11(2)9-20-17(22)14-6-4-3-5-13(14)15(19-20)16(21)18-12-7-8-25(23,24)10-12/h3-6,11-12H,7-10H2,1-2H3,(H,18,21)/t12-/m1/s1. The molecule has 0 aliphatic carbocycles. The third-order valence-electron chi connectivity index (χ3n) is 4.19. The van der Waals surface area contributed by atoms with Gasteiger partial charge in [0, 0.05) is 18.0 Å². The van der Waals surface area contributed by atoms with Crippen molar-refractivity contribution in [2.24, 2.45) is 5.92 Å². The van der Waals surface area contributed by atoms with E-state index >= 15 is 0 Å². The molecule has 1 aliphatic rings. The minimum Gasteiger partial charge on any atom is -0.347 e. The van der Waals surface area contributed by atoms with Crippen LogP contribution in [0.2, 0.25) is 0 Å². The topological polar surface area (TPSA) is 98.1 Å². The van der Waals surface area contributed by atoms with Crippen LogP contribution in [-0.2, 0) is 16.4 Å². The molecule has 134 valence electrons. The number of carbonyl (C=O) groups is 1. The average Bonchev–Trinajstić information content (AvgIpc) is 2.88. The Balaban J connectivity index is 2.01. The molecule has 1 saturated heterocycles. The zero-order valence-electron chi connectivity index (χ0n) is 14.2. The lowest BCUT2D eigenvalue weighted by molar-refractivity contribution is 0.0935. The van der Waals surface area contributed by atoms with Gasteiger partial charge in [0.05, 0.1) is 16.9 Å². The summed E-state index contributed by atoms with van der Waals surface area (Å²) in [6.45, 7) is 4.33. The van der Waals surface area contributed by atoms with Crippen molar-refractivity contribution in [3.05, 3.63) is 40.3 Å². The first-order valence-corrected chi connectivity index (χ1v) is 10.1. The van der Waals surface area contributed by atoms with E-state index in [4.69, 9.17) is 0 Å². The highest BCUT2D eigenvalue weighted by Crippen LogP contribution is 2.16. The lowest BCUT2D eigenvalue weighted by Crippen LogP contribution is -2.38. The number of amides is 1. The molecule has 2 aromatic rings. The summed E-state index contributed by atoms with van der Waals surface area (Å²) in [5.41, 5.74) is -0.0792. The van der Waals surface area contributed by atoms with Gasteiger partial charge < -0.3 is 5.32 Å². The van der Waals surface area contributed by atoms with Crippen LogP contribution in [0.1, 0.15) is 30.8 Å². The van der Waals surface area contributed by atoms with Gasteiger partial charge >= 0.3 is 0 Å². The maximum Gasteiger partial charge on any atom is 0.274 e. The van der Waals surface area contributed by atoms with Crippen LogP contribution < -0.4 is 10.9 Å².